The van der Waals surface area contributed by atoms with E-state index in [1.165, 1.54) is 9.28 Å². The molecule has 2 aliphatic heterocycles. The summed E-state index contributed by atoms with van der Waals surface area (Å²) in [5, 5.41) is 3.27. The second-order valence-corrected chi connectivity index (χ2v) is 3.80. The lowest BCUT2D eigenvalue weighted by atomic mass is 10.2. The van der Waals surface area contributed by atoms with Crippen molar-refractivity contribution in [3.8, 4) is 0 Å². The molecule has 2 rings (SSSR count). The normalized spacial score (nSPS) is 27.5. The highest BCUT2D eigenvalue weighted by atomic mass is 127. The maximum absolute atomic E-state index is 3.27. The summed E-state index contributed by atoms with van der Waals surface area (Å²) in [5.41, 5.74) is 1.36. The van der Waals surface area contributed by atoms with Gasteiger partial charge in [-0.3, -0.25) is 0 Å². The van der Waals surface area contributed by atoms with Gasteiger partial charge in [0.05, 0.1) is 3.70 Å². The molecule has 0 saturated heterocycles. The summed E-state index contributed by atoms with van der Waals surface area (Å²) in [4.78, 5) is 2.22. The Hall–Kier alpha value is -0.450. The third-order valence-corrected chi connectivity index (χ3v) is 2.85. The van der Waals surface area contributed by atoms with Crippen LogP contribution in [0.15, 0.2) is 33.8 Å². The highest BCUT2D eigenvalue weighted by molar-refractivity contribution is 14.1. The van der Waals surface area contributed by atoms with Crippen LogP contribution in [0.1, 0.15) is 6.92 Å². The van der Waals surface area contributed by atoms with Crippen molar-refractivity contribution in [1.82, 2.24) is 10.2 Å². The maximum Gasteiger partial charge on any atom is 0.125 e. The molecule has 0 amide bonds. The minimum Gasteiger partial charge on any atom is -0.366 e. The monoisotopic (exact) mass is 260 g/mol. The minimum atomic E-state index is 0.367. The van der Waals surface area contributed by atoms with E-state index in [2.05, 4.69) is 58.1 Å². The van der Waals surface area contributed by atoms with E-state index in [4.69, 9.17) is 0 Å². The minimum absolute atomic E-state index is 0.367. The molecule has 0 saturated carbocycles. The summed E-state index contributed by atoms with van der Waals surface area (Å²) >= 11 is 2.34. The Morgan fingerprint density at radius 3 is 3.09 bits per heavy atom. The Labute approximate surface area is 79.8 Å². The van der Waals surface area contributed by atoms with Crippen molar-refractivity contribution in [2.24, 2.45) is 0 Å². The van der Waals surface area contributed by atoms with Crippen molar-refractivity contribution in [3.63, 3.8) is 0 Å². The smallest absolute Gasteiger partial charge is 0.125 e. The number of hydrogen-bond donors (Lipinski definition) is 1. The zero-order valence-electron chi connectivity index (χ0n) is 6.21. The van der Waals surface area contributed by atoms with Gasteiger partial charge in [0.2, 0.25) is 0 Å². The highest BCUT2D eigenvalue weighted by Crippen LogP contribution is 2.27. The van der Waals surface area contributed by atoms with Crippen molar-refractivity contribution >= 4 is 22.6 Å². The Kier molecular flexibility index (Phi) is 1.67. The lowest BCUT2D eigenvalue weighted by Gasteiger charge is -2.28. The Balaban J connectivity index is 2.35. The number of hydrogen-bond acceptors (Lipinski definition) is 2. The van der Waals surface area contributed by atoms with E-state index < -0.39 is 0 Å². The second-order valence-electron chi connectivity index (χ2n) is 2.69. The molecule has 2 heterocycles. The van der Waals surface area contributed by atoms with E-state index in [-0.39, 0.29) is 0 Å². The summed E-state index contributed by atoms with van der Waals surface area (Å²) in [5.74, 6) is 0. The fraction of sp³-hybridized carbons (Fsp3) is 0.250. The third-order valence-electron chi connectivity index (χ3n) is 1.93. The molecule has 0 aliphatic carbocycles. The molecule has 58 valence electrons. The molecule has 1 N–H and O–H groups in total. The number of fused-ring (bicyclic) bond motifs is 1. The molecular weight excluding hydrogens is 251 g/mol. The summed E-state index contributed by atoms with van der Waals surface area (Å²) in [7, 11) is 0. The topological polar surface area (TPSA) is 15.3 Å². The van der Waals surface area contributed by atoms with Gasteiger partial charge >= 0.3 is 0 Å². The average Bonchev–Trinajstić information content (AvgIpc) is 2.45. The lowest BCUT2D eigenvalue weighted by molar-refractivity contribution is 0.403. The van der Waals surface area contributed by atoms with Gasteiger partial charge in [-0.05, 0) is 41.2 Å². The number of halogens is 1. The van der Waals surface area contributed by atoms with Crippen LogP contribution in [0, 0.1) is 0 Å². The first-order valence-corrected chi connectivity index (χ1v) is 4.62. The number of rotatable bonds is 0. The molecule has 0 radical (unpaired) electrons. The van der Waals surface area contributed by atoms with Crippen molar-refractivity contribution in [2.75, 3.05) is 0 Å². The Morgan fingerprint density at radius 1 is 1.55 bits per heavy atom. The van der Waals surface area contributed by atoms with E-state index in [9.17, 15) is 0 Å². The molecule has 1 atom stereocenters. The predicted molar refractivity (Wildman–Crippen MR) is 53.8 cm³/mol. The first kappa shape index (κ1) is 7.21. The van der Waals surface area contributed by atoms with Crippen molar-refractivity contribution < 1.29 is 0 Å². The van der Waals surface area contributed by atoms with Gasteiger partial charge in [-0.15, -0.1) is 0 Å². The molecule has 0 aromatic heterocycles. The van der Waals surface area contributed by atoms with E-state index in [1.54, 1.807) is 0 Å². The van der Waals surface area contributed by atoms with Gasteiger partial charge in [0, 0.05) is 12.4 Å². The zero-order valence-corrected chi connectivity index (χ0v) is 8.37. The molecule has 0 bridgehead atoms. The molecule has 2 aliphatic rings. The Bertz CT molecular complexity index is 265. The highest BCUT2D eigenvalue weighted by Gasteiger charge is 2.23. The van der Waals surface area contributed by atoms with Crippen molar-refractivity contribution in [3.05, 3.63) is 33.8 Å². The van der Waals surface area contributed by atoms with Crippen LogP contribution in [0.3, 0.4) is 0 Å². The van der Waals surface area contributed by atoms with Crippen LogP contribution in [-0.2, 0) is 0 Å². The van der Waals surface area contributed by atoms with Gasteiger partial charge in [-0.1, -0.05) is 6.08 Å². The standard InChI is InChI=1S/C8H9IN2/c1-6-2-3-7(9)11-5-4-10-8(6)11/h2-5,8,10H,1H3. The average molecular weight is 260 g/mol. The zero-order chi connectivity index (χ0) is 7.84. The number of nitrogens with one attached hydrogen (secondary N) is 1. The summed E-state index contributed by atoms with van der Waals surface area (Å²) < 4.78 is 1.26. The van der Waals surface area contributed by atoms with Crippen LogP contribution in [0.5, 0.6) is 0 Å². The van der Waals surface area contributed by atoms with E-state index in [0.717, 1.165) is 0 Å². The summed E-state index contributed by atoms with van der Waals surface area (Å²) in [6.45, 7) is 2.14. The van der Waals surface area contributed by atoms with Gasteiger partial charge in [0.1, 0.15) is 6.17 Å². The van der Waals surface area contributed by atoms with Gasteiger partial charge in [0.25, 0.3) is 0 Å². The maximum atomic E-state index is 3.27. The SMILES string of the molecule is CC1=CC=C(I)N2C=CNC12. The van der Waals surface area contributed by atoms with Crippen LogP contribution in [-0.4, -0.2) is 11.1 Å². The third kappa shape index (κ3) is 1.07. The number of nitrogens with zero attached hydrogens (tertiary/aromatic N) is 1. The molecule has 0 fully saturated rings. The van der Waals surface area contributed by atoms with Crippen molar-refractivity contribution in [1.29, 1.82) is 0 Å². The summed E-state index contributed by atoms with van der Waals surface area (Å²) in [6.07, 6.45) is 8.71. The van der Waals surface area contributed by atoms with Crippen LogP contribution in [0.2, 0.25) is 0 Å². The predicted octanol–water partition coefficient (Wildman–Crippen LogP) is 1.93. The second kappa shape index (κ2) is 2.55. The van der Waals surface area contributed by atoms with Crippen LogP contribution in [0.4, 0.5) is 0 Å². The molecule has 1 unspecified atom stereocenters. The Morgan fingerprint density at radius 2 is 2.36 bits per heavy atom. The molecular formula is C8H9IN2. The van der Waals surface area contributed by atoms with E-state index >= 15 is 0 Å². The van der Waals surface area contributed by atoms with Gasteiger partial charge < -0.3 is 10.2 Å². The number of allylic oxidation sites excluding steroid dienone is 2. The molecule has 11 heavy (non-hydrogen) atoms. The fourth-order valence-corrected chi connectivity index (χ4v) is 1.92. The first-order valence-electron chi connectivity index (χ1n) is 3.54. The van der Waals surface area contributed by atoms with Crippen LogP contribution < -0.4 is 5.32 Å². The molecule has 0 spiro atoms. The molecule has 0 aromatic carbocycles. The molecule has 3 heteroatoms. The quantitative estimate of drug-likeness (QED) is 0.528. The summed E-state index contributed by atoms with van der Waals surface area (Å²) in [6, 6.07) is 0. The lowest BCUT2D eigenvalue weighted by Crippen LogP contribution is -2.35. The molecule has 0 aromatic rings. The van der Waals surface area contributed by atoms with E-state index in [0.29, 0.717) is 6.17 Å². The first-order chi connectivity index (χ1) is 5.29. The van der Waals surface area contributed by atoms with Crippen molar-refractivity contribution in [2.45, 2.75) is 13.1 Å². The molecule has 2 nitrogen and oxygen atoms in total. The largest absolute Gasteiger partial charge is 0.366 e. The van der Waals surface area contributed by atoms with Gasteiger partial charge in [-0.25, -0.2) is 0 Å². The van der Waals surface area contributed by atoms with Gasteiger partial charge in [-0.2, -0.15) is 0 Å². The van der Waals surface area contributed by atoms with Crippen LogP contribution in [0.25, 0.3) is 0 Å². The van der Waals surface area contributed by atoms with Crippen LogP contribution >= 0.6 is 22.6 Å². The van der Waals surface area contributed by atoms with Gasteiger partial charge in [0.15, 0.2) is 0 Å². The fourth-order valence-electron chi connectivity index (χ4n) is 1.30. The van der Waals surface area contributed by atoms with E-state index in [1.807, 2.05) is 6.20 Å².